The fourth-order valence-corrected chi connectivity index (χ4v) is 3.27. The van der Waals surface area contributed by atoms with Gasteiger partial charge in [0, 0.05) is 17.7 Å². The molecule has 0 aliphatic rings. The van der Waals surface area contributed by atoms with E-state index < -0.39 is 0 Å². The van der Waals surface area contributed by atoms with Gasteiger partial charge in [0.25, 0.3) is 0 Å². The molecular formula is C23H30F2O2. The Morgan fingerprint density at radius 2 is 1.59 bits per heavy atom. The monoisotopic (exact) mass is 376 g/mol. The first-order valence-electron chi connectivity index (χ1n) is 9.61. The van der Waals surface area contributed by atoms with Crippen LogP contribution in [-0.2, 0) is 6.61 Å². The second kappa shape index (κ2) is 9.20. The number of halogens is 2. The molecule has 2 aromatic rings. The normalized spacial score (nSPS) is 13.3. The predicted octanol–water partition coefficient (Wildman–Crippen LogP) is 6.89. The van der Waals surface area contributed by atoms with Crippen molar-refractivity contribution in [3.63, 3.8) is 0 Å². The minimum absolute atomic E-state index is 0.166. The molecule has 0 N–H and O–H groups in total. The van der Waals surface area contributed by atoms with E-state index in [1.165, 1.54) is 18.2 Å². The van der Waals surface area contributed by atoms with Gasteiger partial charge in [-0.25, -0.2) is 8.78 Å². The lowest BCUT2D eigenvalue weighted by atomic mass is 9.92. The Bertz CT molecular complexity index is 786. The number of hydrogen-bond acceptors (Lipinski definition) is 2. The third kappa shape index (κ3) is 4.79. The van der Waals surface area contributed by atoms with Crippen LogP contribution in [0.5, 0.6) is 11.5 Å². The van der Waals surface area contributed by atoms with Crippen molar-refractivity contribution in [3.8, 4) is 11.5 Å². The Kier molecular flexibility index (Phi) is 7.23. The van der Waals surface area contributed by atoms with Crippen LogP contribution in [0.15, 0.2) is 24.3 Å². The van der Waals surface area contributed by atoms with E-state index in [1.54, 1.807) is 14.0 Å². The van der Waals surface area contributed by atoms with E-state index in [0.717, 1.165) is 29.5 Å². The standard InChI is InChI=1S/C23H30F2O2/c1-7-14(3)19-9-16(5)20(25)12-21(19)27-13-17-10-18(24)11-22(26-6)23(17)15(4)8-2/h9-12,14-15H,7-8,13H2,1-6H3. The molecule has 2 atom stereocenters. The molecule has 0 radical (unpaired) electrons. The summed E-state index contributed by atoms with van der Waals surface area (Å²) in [7, 11) is 1.54. The zero-order chi connectivity index (χ0) is 20.1. The molecule has 0 aromatic heterocycles. The Balaban J connectivity index is 2.42. The van der Waals surface area contributed by atoms with Crippen LogP contribution >= 0.6 is 0 Å². The first-order valence-corrected chi connectivity index (χ1v) is 9.61. The maximum Gasteiger partial charge on any atom is 0.129 e. The average Bonchev–Trinajstić information content (AvgIpc) is 2.66. The summed E-state index contributed by atoms with van der Waals surface area (Å²) in [4.78, 5) is 0. The van der Waals surface area contributed by atoms with Gasteiger partial charge in [0.1, 0.15) is 29.7 Å². The molecule has 2 aromatic carbocycles. The zero-order valence-corrected chi connectivity index (χ0v) is 17.2. The van der Waals surface area contributed by atoms with E-state index in [4.69, 9.17) is 9.47 Å². The summed E-state index contributed by atoms with van der Waals surface area (Å²) in [5.74, 6) is 0.829. The molecule has 0 bridgehead atoms. The maximum atomic E-state index is 14.1. The van der Waals surface area contributed by atoms with Gasteiger partial charge in [-0.2, -0.15) is 0 Å². The highest BCUT2D eigenvalue weighted by atomic mass is 19.1. The molecule has 0 heterocycles. The van der Waals surface area contributed by atoms with Gasteiger partial charge in [-0.15, -0.1) is 0 Å². The number of hydrogen-bond donors (Lipinski definition) is 0. The van der Waals surface area contributed by atoms with Crippen LogP contribution in [0.2, 0.25) is 0 Å². The van der Waals surface area contributed by atoms with E-state index in [9.17, 15) is 8.78 Å². The largest absolute Gasteiger partial charge is 0.496 e. The minimum Gasteiger partial charge on any atom is -0.496 e. The van der Waals surface area contributed by atoms with Crippen LogP contribution in [0.3, 0.4) is 0 Å². The quantitative estimate of drug-likeness (QED) is 0.499. The summed E-state index contributed by atoms with van der Waals surface area (Å²) in [5, 5.41) is 0. The molecule has 0 spiro atoms. The highest BCUT2D eigenvalue weighted by molar-refractivity contribution is 5.44. The second-order valence-corrected chi connectivity index (χ2v) is 7.23. The van der Waals surface area contributed by atoms with Crippen LogP contribution < -0.4 is 9.47 Å². The number of aryl methyl sites for hydroxylation is 1. The lowest BCUT2D eigenvalue weighted by Gasteiger charge is -2.21. The van der Waals surface area contributed by atoms with Crippen molar-refractivity contribution >= 4 is 0 Å². The first kappa shape index (κ1) is 21.2. The van der Waals surface area contributed by atoms with Gasteiger partial charge in [0.2, 0.25) is 0 Å². The summed E-state index contributed by atoms with van der Waals surface area (Å²) in [6.07, 6.45) is 1.82. The number of benzene rings is 2. The molecule has 0 fully saturated rings. The van der Waals surface area contributed by atoms with E-state index in [0.29, 0.717) is 17.1 Å². The molecule has 0 aliphatic carbocycles. The molecule has 0 aliphatic heterocycles. The molecule has 2 unspecified atom stereocenters. The van der Waals surface area contributed by atoms with Gasteiger partial charge in [0.05, 0.1) is 7.11 Å². The van der Waals surface area contributed by atoms with Gasteiger partial charge < -0.3 is 9.47 Å². The summed E-state index contributed by atoms with van der Waals surface area (Å²) in [5.41, 5.74) is 3.26. The van der Waals surface area contributed by atoms with Gasteiger partial charge in [-0.3, -0.25) is 0 Å². The Labute approximate surface area is 161 Å². The molecule has 2 nitrogen and oxygen atoms in total. The predicted molar refractivity (Wildman–Crippen MR) is 106 cm³/mol. The average molecular weight is 376 g/mol. The smallest absolute Gasteiger partial charge is 0.129 e. The van der Waals surface area contributed by atoms with E-state index in [1.807, 2.05) is 6.07 Å². The molecule has 0 saturated heterocycles. The van der Waals surface area contributed by atoms with Crippen molar-refractivity contribution in [2.24, 2.45) is 0 Å². The SMILES string of the molecule is CCC(C)c1cc(C)c(F)cc1OCc1cc(F)cc(OC)c1C(C)CC. The molecule has 27 heavy (non-hydrogen) atoms. The van der Waals surface area contributed by atoms with Gasteiger partial charge in [0.15, 0.2) is 0 Å². The van der Waals surface area contributed by atoms with Crippen LogP contribution in [-0.4, -0.2) is 7.11 Å². The number of methoxy groups -OCH3 is 1. The van der Waals surface area contributed by atoms with E-state index >= 15 is 0 Å². The van der Waals surface area contributed by atoms with Crippen molar-refractivity contribution in [2.75, 3.05) is 7.11 Å². The molecular weight excluding hydrogens is 346 g/mol. The first-order chi connectivity index (χ1) is 12.8. The Hall–Kier alpha value is -2.10. The zero-order valence-electron chi connectivity index (χ0n) is 17.2. The maximum absolute atomic E-state index is 14.1. The molecule has 0 saturated carbocycles. The summed E-state index contributed by atoms with van der Waals surface area (Å²) in [6, 6.07) is 6.18. The fraction of sp³-hybridized carbons (Fsp3) is 0.478. The summed E-state index contributed by atoms with van der Waals surface area (Å²) < 4.78 is 39.6. The molecule has 4 heteroatoms. The van der Waals surface area contributed by atoms with Crippen LogP contribution in [0, 0.1) is 18.6 Å². The minimum atomic E-state index is -0.366. The molecule has 0 amide bonds. The van der Waals surface area contributed by atoms with Crippen molar-refractivity contribution in [1.29, 1.82) is 0 Å². The highest BCUT2D eigenvalue weighted by Gasteiger charge is 2.19. The lowest BCUT2D eigenvalue weighted by molar-refractivity contribution is 0.295. The number of ether oxygens (including phenoxy) is 2. The second-order valence-electron chi connectivity index (χ2n) is 7.23. The van der Waals surface area contributed by atoms with Crippen LogP contribution in [0.4, 0.5) is 8.78 Å². The van der Waals surface area contributed by atoms with Crippen molar-refractivity contribution in [1.82, 2.24) is 0 Å². The van der Waals surface area contributed by atoms with Crippen molar-refractivity contribution < 1.29 is 18.3 Å². The van der Waals surface area contributed by atoms with Crippen molar-refractivity contribution in [2.45, 2.75) is 65.9 Å². The summed E-state index contributed by atoms with van der Waals surface area (Å²) in [6.45, 7) is 10.3. The Morgan fingerprint density at radius 3 is 2.19 bits per heavy atom. The third-order valence-electron chi connectivity index (χ3n) is 5.34. The van der Waals surface area contributed by atoms with Gasteiger partial charge in [-0.05, 0) is 60.4 Å². The molecule has 2 rings (SSSR count). The van der Waals surface area contributed by atoms with E-state index in [2.05, 4.69) is 27.7 Å². The summed E-state index contributed by atoms with van der Waals surface area (Å²) >= 11 is 0. The van der Waals surface area contributed by atoms with Gasteiger partial charge >= 0.3 is 0 Å². The highest BCUT2D eigenvalue weighted by Crippen LogP contribution is 2.35. The topological polar surface area (TPSA) is 18.5 Å². The fourth-order valence-electron chi connectivity index (χ4n) is 3.27. The van der Waals surface area contributed by atoms with Crippen LogP contribution in [0.1, 0.15) is 74.6 Å². The van der Waals surface area contributed by atoms with Gasteiger partial charge in [-0.1, -0.05) is 27.7 Å². The lowest BCUT2D eigenvalue weighted by Crippen LogP contribution is -2.08. The Morgan fingerprint density at radius 1 is 0.926 bits per heavy atom. The van der Waals surface area contributed by atoms with Crippen LogP contribution in [0.25, 0.3) is 0 Å². The number of rotatable bonds is 8. The van der Waals surface area contributed by atoms with Crippen molar-refractivity contribution in [3.05, 3.63) is 58.2 Å². The van der Waals surface area contributed by atoms with E-state index in [-0.39, 0.29) is 30.1 Å². The molecule has 148 valence electrons. The third-order valence-corrected chi connectivity index (χ3v) is 5.34.